The summed E-state index contributed by atoms with van der Waals surface area (Å²) in [4.78, 5) is 15.4. The van der Waals surface area contributed by atoms with E-state index in [1.54, 1.807) is 0 Å². The predicted molar refractivity (Wildman–Crippen MR) is 122 cm³/mol. The molecule has 1 unspecified atom stereocenters. The lowest BCUT2D eigenvalue weighted by atomic mass is 9.82. The van der Waals surface area contributed by atoms with E-state index in [-0.39, 0.29) is 6.42 Å². The smallest absolute Gasteiger partial charge is 0.303 e. The van der Waals surface area contributed by atoms with Crippen molar-refractivity contribution in [1.29, 1.82) is 0 Å². The molecule has 6 nitrogen and oxygen atoms in total. The predicted octanol–water partition coefficient (Wildman–Crippen LogP) is 4.22. The second-order valence-electron chi connectivity index (χ2n) is 7.78. The first-order chi connectivity index (χ1) is 15.1. The third-order valence-electron chi connectivity index (χ3n) is 5.47. The van der Waals surface area contributed by atoms with Gasteiger partial charge in [-0.3, -0.25) is 9.79 Å². The van der Waals surface area contributed by atoms with Gasteiger partial charge in [0.25, 0.3) is 0 Å². The molecule has 0 spiro atoms. The monoisotopic (exact) mass is 417 g/mol. The van der Waals surface area contributed by atoms with Crippen LogP contribution in [0.15, 0.2) is 83.4 Å². The number of hydrogen-bond donors (Lipinski definition) is 3. The van der Waals surface area contributed by atoms with Crippen LogP contribution >= 0.6 is 0 Å². The van der Waals surface area contributed by atoms with E-state index in [4.69, 9.17) is 9.84 Å². The van der Waals surface area contributed by atoms with E-state index in [9.17, 15) is 4.79 Å². The van der Waals surface area contributed by atoms with Gasteiger partial charge in [0.15, 0.2) is 5.96 Å². The molecule has 160 valence electrons. The van der Waals surface area contributed by atoms with Crippen molar-refractivity contribution in [2.45, 2.75) is 31.5 Å². The minimum Gasteiger partial charge on any atom is -0.481 e. The summed E-state index contributed by atoms with van der Waals surface area (Å²) in [6.45, 7) is 2.07. The molecule has 2 aliphatic rings. The summed E-state index contributed by atoms with van der Waals surface area (Å²) in [6, 6.07) is 18.2. The number of nitrogens with one attached hydrogen (secondary N) is 2. The van der Waals surface area contributed by atoms with Crippen molar-refractivity contribution >= 4 is 17.6 Å². The minimum atomic E-state index is -0.785. The molecular formula is C25H27N3O3. The molecule has 2 aromatic carbocycles. The third-order valence-corrected chi connectivity index (χ3v) is 5.47. The number of rotatable bonds is 8. The van der Waals surface area contributed by atoms with E-state index in [2.05, 4.69) is 39.9 Å². The molecular weight excluding hydrogens is 390 g/mol. The van der Waals surface area contributed by atoms with Crippen LogP contribution in [0.5, 0.6) is 0 Å². The van der Waals surface area contributed by atoms with Crippen LogP contribution in [0.25, 0.3) is 0 Å². The molecule has 0 saturated heterocycles. The Morgan fingerprint density at radius 1 is 1.19 bits per heavy atom. The number of hydrogen-bond acceptors (Lipinski definition) is 5. The van der Waals surface area contributed by atoms with Gasteiger partial charge in [-0.05, 0) is 35.8 Å². The van der Waals surface area contributed by atoms with Crippen molar-refractivity contribution in [3.05, 3.63) is 89.5 Å². The largest absolute Gasteiger partial charge is 0.481 e. The van der Waals surface area contributed by atoms with Crippen molar-refractivity contribution in [1.82, 2.24) is 5.32 Å². The Balaban J connectivity index is 1.51. The van der Waals surface area contributed by atoms with Crippen molar-refractivity contribution in [3.63, 3.8) is 0 Å². The number of benzene rings is 2. The normalized spacial score (nSPS) is 20.0. The molecule has 1 heterocycles. The fourth-order valence-corrected chi connectivity index (χ4v) is 3.90. The third kappa shape index (κ3) is 5.41. The Hall–Kier alpha value is -3.38. The molecule has 2 aromatic rings. The van der Waals surface area contributed by atoms with Gasteiger partial charge in [-0.1, -0.05) is 60.2 Å². The van der Waals surface area contributed by atoms with Crippen LogP contribution in [-0.2, 0) is 21.7 Å². The molecule has 1 atom stereocenters. The zero-order chi connectivity index (χ0) is 21.5. The zero-order valence-electron chi connectivity index (χ0n) is 17.4. The summed E-state index contributed by atoms with van der Waals surface area (Å²) in [5.74, 6) is 0.00889. The summed E-state index contributed by atoms with van der Waals surface area (Å²) in [5.41, 5.74) is 3.53. The maximum atomic E-state index is 11.0. The standard InChI is InChI=1S/C25H27N3O3/c29-23(30)12-11-19-7-5-13-25(17-19,21-8-2-1-3-9-21)31-18-20-6-4-10-22(16-20)28-24-26-14-15-27-24/h1-10,13,16H,11-12,14-15,17-18H2,(H,29,30)(H2,26,27,28). The van der Waals surface area contributed by atoms with Crippen LogP contribution in [-0.4, -0.2) is 30.1 Å². The second-order valence-corrected chi connectivity index (χ2v) is 7.78. The van der Waals surface area contributed by atoms with Crippen LogP contribution in [0.1, 0.15) is 30.4 Å². The number of aliphatic imine (C=N–C) groups is 1. The molecule has 0 aromatic heterocycles. The Kier molecular flexibility index (Phi) is 6.48. The summed E-state index contributed by atoms with van der Waals surface area (Å²) >= 11 is 0. The molecule has 0 saturated carbocycles. The molecule has 1 aliphatic heterocycles. The van der Waals surface area contributed by atoms with E-state index in [1.807, 2.05) is 48.6 Å². The van der Waals surface area contributed by atoms with E-state index < -0.39 is 11.6 Å². The molecule has 6 heteroatoms. The number of carbonyl (C=O) groups is 1. The van der Waals surface area contributed by atoms with Gasteiger partial charge in [0.2, 0.25) is 0 Å². The average Bonchev–Trinajstić information content (AvgIpc) is 3.30. The van der Waals surface area contributed by atoms with E-state index >= 15 is 0 Å². The van der Waals surface area contributed by atoms with Gasteiger partial charge < -0.3 is 20.5 Å². The number of allylic oxidation sites excluding steroid dienone is 2. The van der Waals surface area contributed by atoms with E-state index in [0.29, 0.717) is 19.4 Å². The highest BCUT2D eigenvalue weighted by molar-refractivity contribution is 5.94. The van der Waals surface area contributed by atoms with E-state index in [1.165, 1.54) is 0 Å². The number of carboxylic acids is 1. The number of carboxylic acid groups (broad SMARTS) is 1. The van der Waals surface area contributed by atoms with Crippen LogP contribution in [0, 0.1) is 0 Å². The van der Waals surface area contributed by atoms with E-state index in [0.717, 1.165) is 41.4 Å². The first-order valence-electron chi connectivity index (χ1n) is 10.6. The molecule has 0 radical (unpaired) electrons. The summed E-state index contributed by atoms with van der Waals surface area (Å²) in [5, 5.41) is 15.6. The minimum absolute atomic E-state index is 0.121. The maximum Gasteiger partial charge on any atom is 0.303 e. The molecule has 3 N–H and O–H groups in total. The van der Waals surface area contributed by atoms with Crippen LogP contribution in [0.2, 0.25) is 0 Å². The Labute approximate surface area is 182 Å². The summed E-state index contributed by atoms with van der Waals surface area (Å²) in [6.07, 6.45) is 7.34. The first kappa shape index (κ1) is 20.9. The Morgan fingerprint density at radius 3 is 2.84 bits per heavy atom. The number of ether oxygens (including phenoxy) is 1. The fraction of sp³-hybridized carbons (Fsp3) is 0.280. The lowest BCUT2D eigenvalue weighted by Gasteiger charge is -2.34. The molecule has 0 fully saturated rings. The summed E-state index contributed by atoms with van der Waals surface area (Å²) < 4.78 is 6.56. The molecule has 1 aliphatic carbocycles. The highest BCUT2D eigenvalue weighted by Gasteiger charge is 2.33. The number of aliphatic carboxylic acids is 1. The summed E-state index contributed by atoms with van der Waals surface area (Å²) in [7, 11) is 0. The van der Waals surface area contributed by atoms with Crippen LogP contribution in [0.3, 0.4) is 0 Å². The van der Waals surface area contributed by atoms with Crippen LogP contribution < -0.4 is 10.6 Å². The number of nitrogens with zero attached hydrogens (tertiary/aromatic N) is 1. The maximum absolute atomic E-state index is 11.0. The molecule has 0 bridgehead atoms. The zero-order valence-corrected chi connectivity index (χ0v) is 17.4. The Bertz CT molecular complexity index is 1010. The van der Waals surface area contributed by atoms with Gasteiger partial charge in [0.1, 0.15) is 5.60 Å². The van der Waals surface area contributed by atoms with Gasteiger partial charge >= 0.3 is 5.97 Å². The van der Waals surface area contributed by atoms with Gasteiger partial charge in [-0.15, -0.1) is 0 Å². The number of guanidine groups is 1. The average molecular weight is 418 g/mol. The molecule has 4 rings (SSSR count). The van der Waals surface area contributed by atoms with Gasteiger partial charge in [0.05, 0.1) is 13.2 Å². The van der Waals surface area contributed by atoms with Crippen molar-refractivity contribution in [2.24, 2.45) is 4.99 Å². The lowest BCUT2D eigenvalue weighted by molar-refractivity contribution is -0.137. The first-order valence-corrected chi connectivity index (χ1v) is 10.6. The lowest BCUT2D eigenvalue weighted by Crippen LogP contribution is -2.30. The number of anilines is 1. The highest BCUT2D eigenvalue weighted by atomic mass is 16.5. The van der Waals surface area contributed by atoms with Crippen LogP contribution in [0.4, 0.5) is 5.69 Å². The van der Waals surface area contributed by atoms with Gasteiger partial charge in [0, 0.05) is 25.1 Å². The quantitative estimate of drug-likeness (QED) is 0.599. The highest BCUT2D eigenvalue weighted by Crippen LogP contribution is 2.39. The fourth-order valence-electron chi connectivity index (χ4n) is 3.90. The topological polar surface area (TPSA) is 83.0 Å². The van der Waals surface area contributed by atoms with Crippen molar-refractivity contribution in [2.75, 3.05) is 18.4 Å². The van der Waals surface area contributed by atoms with Gasteiger partial charge in [-0.25, -0.2) is 0 Å². The second kappa shape index (κ2) is 9.62. The molecule has 31 heavy (non-hydrogen) atoms. The van der Waals surface area contributed by atoms with Crippen molar-refractivity contribution < 1.29 is 14.6 Å². The van der Waals surface area contributed by atoms with Gasteiger partial charge in [-0.2, -0.15) is 0 Å². The Morgan fingerprint density at radius 2 is 2.06 bits per heavy atom. The molecule has 0 amide bonds. The van der Waals surface area contributed by atoms with Crippen molar-refractivity contribution in [3.8, 4) is 0 Å². The SMILES string of the molecule is O=C(O)CCC1=CC=CC(OCc2cccc(NC3=NCCN3)c2)(c2ccccc2)C1.